The maximum Gasteiger partial charge on any atom is 0.343 e. The SMILES string of the molecule is CCC1(O)C(=O)OCC2=C1C=C1c3cc4ccc(O)c(CC(C)C)c4cc3CC1C2=O. The van der Waals surface area contributed by atoms with Gasteiger partial charge in [0.05, 0.1) is 5.92 Å². The van der Waals surface area contributed by atoms with E-state index in [0.717, 1.165) is 39.5 Å². The minimum atomic E-state index is -1.78. The Labute approximate surface area is 181 Å². The Kier molecular flexibility index (Phi) is 4.38. The van der Waals surface area contributed by atoms with E-state index in [1.807, 2.05) is 12.1 Å². The van der Waals surface area contributed by atoms with Crippen LogP contribution in [0.1, 0.15) is 43.9 Å². The van der Waals surface area contributed by atoms with Crippen LogP contribution in [0, 0.1) is 11.8 Å². The average molecular weight is 418 g/mol. The fraction of sp³-hybridized carbons (Fsp3) is 0.385. The Hall–Kier alpha value is -2.92. The van der Waals surface area contributed by atoms with Gasteiger partial charge < -0.3 is 14.9 Å². The molecule has 2 aliphatic carbocycles. The highest BCUT2D eigenvalue weighted by Gasteiger charge is 2.49. The molecule has 5 rings (SSSR count). The van der Waals surface area contributed by atoms with Gasteiger partial charge >= 0.3 is 5.97 Å². The number of aliphatic hydroxyl groups is 1. The van der Waals surface area contributed by atoms with Crippen molar-refractivity contribution in [1.29, 1.82) is 0 Å². The average Bonchev–Trinajstić information content (AvgIpc) is 3.10. The van der Waals surface area contributed by atoms with Crippen molar-refractivity contribution < 1.29 is 24.5 Å². The second kappa shape index (κ2) is 6.79. The Morgan fingerprint density at radius 3 is 2.71 bits per heavy atom. The molecule has 2 N–H and O–H groups in total. The monoisotopic (exact) mass is 418 g/mol. The van der Waals surface area contributed by atoms with Crippen LogP contribution in [0.2, 0.25) is 0 Å². The van der Waals surface area contributed by atoms with E-state index in [9.17, 15) is 19.8 Å². The molecule has 3 aliphatic rings. The Morgan fingerprint density at radius 1 is 1.23 bits per heavy atom. The van der Waals surface area contributed by atoms with Gasteiger partial charge in [-0.15, -0.1) is 0 Å². The number of allylic oxidation sites excluding steroid dienone is 1. The van der Waals surface area contributed by atoms with Crippen LogP contribution in [-0.4, -0.2) is 34.2 Å². The van der Waals surface area contributed by atoms with Gasteiger partial charge in [0.15, 0.2) is 11.4 Å². The number of aromatic hydroxyl groups is 1. The normalized spacial score (nSPS) is 24.8. The molecular weight excluding hydrogens is 392 g/mol. The second-order valence-corrected chi connectivity index (χ2v) is 9.29. The lowest BCUT2D eigenvalue weighted by molar-refractivity contribution is -0.163. The molecule has 0 radical (unpaired) electrons. The quantitative estimate of drug-likeness (QED) is 0.739. The summed E-state index contributed by atoms with van der Waals surface area (Å²) < 4.78 is 5.15. The summed E-state index contributed by atoms with van der Waals surface area (Å²) in [6.45, 7) is 5.88. The van der Waals surface area contributed by atoms with Crippen LogP contribution in [0.4, 0.5) is 0 Å². The van der Waals surface area contributed by atoms with E-state index in [1.54, 1.807) is 13.0 Å². The number of fused-ring (bicyclic) bond motifs is 4. The first-order valence-electron chi connectivity index (χ1n) is 10.9. The van der Waals surface area contributed by atoms with Gasteiger partial charge in [0, 0.05) is 16.7 Å². The smallest absolute Gasteiger partial charge is 0.343 e. The van der Waals surface area contributed by atoms with E-state index in [0.29, 0.717) is 29.2 Å². The number of Topliss-reactive ketones (excluding diaryl/α,β-unsaturated/α-hetero) is 1. The summed E-state index contributed by atoms with van der Waals surface area (Å²) >= 11 is 0. The van der Waals surface area contributed by atoms with Crippen molar-refractivity contribution in [2.45, 2.75) is 45.6 Å². The molecule has 0 saturated heterocycles. The Bertz CT molecular complexity index is 1220. The van der Waals surface area contributed by atoms with Crippen molar-refractivity contribution in [3.63, 3.8) is 0 Å². The summed E-state index contributed by atoms with van der Waals surface area (Å²) in [5, 5.41) is 23.5. The minimum absolute atomic E-state index is 0.0719. The highest BCUT2D eigenvalue weighted by molar-refractivity contribution is 6.13. The van der Waals surface area contributed by atoms with Crippen LogP contribution in [0.3, 0.4) is 0 Å². The first kappa shape index (κ1) is 20.0. The molecule has 1 aliphatic heterocycles. The highest BCUT2D eigenvalue weighted by atomic mass is 16.6. The largest absolute Gasteiger partial charge is 0.508 e. The summed E-state index contributed by atoms with van der Waals surface area (Å²) in [6.07, 6.45) is 3.33. The fourth-order valence-electron chi connectivity index (χ4n) is 5.26. The number of phenols is 1. The fourth-order valence-corrected chi connectivity index (χ4v) is 5.26. The third-order valence-corrected chi connectivity index (χ3v) is 6.93. The van der Waals surface area contributed by atoms with Crippen LogP contribution in [0.15, 0.2) is 41.5 Å². The molecule has 0 spiro atoms. The molecule has 160 valence electrons. The molecule has 0 aromatic heterocycles. The molecule has 0 bridgehead atoms. The van der Waals surface area contributed by atoms with Gasteiger partial charge in [-0.25, -0.2) is 4.79 Å². The summed E-state index contributed by atoms with van der Waals surface area (Å²) in [5.74, 6) is -0.394. The number of cyclic esters (lactones) is 1. The number of rotatable bonds is 3. The number of carbonyl (C=O) groups excluding carboxylic acids is 2. The first-order chi connectivity index (χ1) is 14.7. The van der Waals surface area contributed by atoms with Gasteiger partial charge in [-0.1, -0.05) is 39.0 Å². The van der Waals surface area contributed by atoms with Gasteiger partial charge in [-0.2, -0.15) is 0 Å². The molecule has 2 aromatic rings. The minimum Gasteiger partial charge on any atom is -0.508 e. The molecule has 31 heavy (non-hydrogen) atoms. The summed E-state index contributed by atoms with van der Waals surface area (Å²) in [7, 11) is 0. The molecule has 1 heterocycles. The van der Waals surface area contributed by atoms with Crippen molar-refractivity contribution in [3.8, 4) is 5.75 Å². The predicted molar refractivity (Wildman–Crippen MR) is 118 cm³/mol. The van der Waals surface area contributed by atoms with Gasteiger partial charge in [-0.05, 0) is 64.8 Å². The molecule has 2 unspecified atom stereocenters. The number of hydrogen-bond acceptors (Lipinski definition) is 5. The zero-order valence-corrected chi connectivity index (χ0v) is 18.0. The van der Waals surface area contributed by atoms with Crippen molar-refractivity contribution in [2.24, 2.45) is 11.8 Å². The number of ketones is 1. The van der Waals surface area contributed by atoms with Crippen molar-refractivity contribution in [1.82, 2.24) is 0 Å². The van der Waals surface area contributed by atoms with Crippen LogP contribution < -0.4 is 0 Å². The number of carbonyl (C=O) groups is 2. The van der Waals surface area contributed by atoms with Crippen LogP contribution in [0.5, 0.6) is 5.75 Å². The lowest BCUT2D eigenvalue weighted by Gasteiger charge is -2.35. The van der Waals surface area contributed by atoms with Crippen molar-refractivity contribution >= 4 is 28.1 Å². The van der Waals surface area contributed by atoms with Gasteiger partial charge in [0.25, 0.3) is 0 Å². The summed E-state index contributed by atoms with van der Waals surface area (Å²) in [4.78, 5) is 25.6. The van der Waals surface area contributed by atoms with Gasteiger partial charge in [0.1, 0.15) is 12.4 Å². The number of ether oxygens (including phenoxy) is 1. The maximum atomic E-state index is 13.3. The zero-order valence-electron chi connectivity index (χ0n) is 18.0. The number of hydrogen-bond donors (Lipinski definition) is 2. The number of phenolic OH excluding ortho intramolecular Hbond substituents is 1. The molecular formula is C26H26O5. The van der Waals surface area contributed by atoms with E-state index in [2.05, 4.69) is 26.0 Å². The molecule has 0 amide bonds. The summed E-state index contributed by atoms with van der Waals surface area (Å²) in [6, 6.07) is 7.80. The van der Waals surface area contributed by atoms with E-state index in [-0.39, 0.29) is 24.7 Å². The molecule has 0 fully saturated rings. The van der Waals surface area contributed by atoms with E-state index < -0.39 is 11.6 Å². The van der Waals surface area contributed by atoms with Crippen LogP contribution in [-0.2, 0) is 27.2 Å². The maximum absolute atomic E-state index is 13.3. The van der Waals surface area contributed by atoms with Gasteiger partial charge in [0.2, 0.25) is 0 Å². The standard InChI is InChI=1S/C26H26O5/c1-4-26(30)22-11-18-17-8-14-5-6-23(27)19(7-13(2)3)16(14)9-15(17)10-20(18)24(28)21(22)12-31-25(26)29/h5-6,8-9,11,13,20,27,30H,4,7,10,12H2,1-3H3. The molecule has 2 atom stereocenters. The topological polar surface area (TPSA) is 83.8 Å². The van der Waals surface area contributed by atoms with E-state index in [4.69, 9.17) is 4.74 Å². The van der Waals surface area contributed by atoms with E-state index in [1.165, 1.54) is 0 Å². The summed E-state index contributed by atoms with van der Waals surface area (Å²) in [5.41, 5.74) is 2.85. The molecule has 5 heteroatoms. The van der Waals surface area contributed by atoms with Crippen LogP contribution in [0.25, 0.3) is 16.3 Å². The second-order valence-electron chi connectivity index (χ2n) is 9.29. The lowest BCUT2D eigenvalue weighted by atomic mass is 9.75. The zero-order chi connectivity index (χ0) is 22.1. The number of benzene rings is 2. The van der Waals surface area contributed by atoms with Crippen molar-refractivity contribution in [3.05, 3.63) is 58.2 Å². The first-order valence-corrected chi connectivity index (χ1v) is 10.9. The third kappa shape index (κ3) is 2.79. The number of esters is 1. The molecule has 0 saturated carbocycles. The van der Waals surface area contributed by atoms with Gasteiger partial charge in [-0.3, -0.25) is 4.79 Å². The Balaban J connectivity index is 1.69. The highest BCUT2D eigenvalue weighted by Crippen LogP contribution is 2.48. The molecule has 2 aromatic carbocycles. The van der Waals surface area contributed by atoms with Crippen molar-refractivity contribution in [2.75, 3.05) is 6.61 Å². The van der Waals surface area contributed by atoms with Crippen LogP contribution >= 0.6 is 0 Å². The molecule has 5 nitrogen and oxygen atoms in total. The lowest BCUT2D eigenvalue weighted by Crippen LogP contribution is -2.48. The predicted octanol–water partition coefficient (Wildman–Crippen LogP) is 3.88. The third-order valence-electron chi connectivity index (χ3n) is 6.93. The van der Waals surface area contributed by atoms with E-state index >= 15 is 0 Å². The Morgan fingerprint density at radius 2 is 2.00 bits per heavy atom.